The molecule has 0 aromatic carbocycles. The minimum absolute atomic E-state index is 0.00689. The highest BCUT2D eigenvalue weighted by molar-refractivity contribution is 8.29. The summed E-state index contributed by atoms with van der Waals surface area (Å²) < 4.78 is 16.6. The van der Waals surface area contributed by atoms with Gasteiger partial charge in [-0.05, 0) is 0 Å². The van der Waals surface area contributed by atoms with Crippen molar-refractivity contribution in [2.45, 2.75) is 0 Å². The van der Waals surface area contributed by atoms with Gasteiger partial charge in [0.15, 0.2) is 5.08 Å². The van der Waals surface area contributed by atoms with Gasteiger partial charge in [0.25, 0.3) is 5.24 Å². The van der Waals surface area contributed by atoms with Gasteiger partial charge in [-0.1, -0.05) is 23.5 Å². The van der Waals surface area contributed by atoms with Crippen LogP contribution in [0.5, 0.6) is 0 Å². The Bertz CT molecular complexity index is 679. The molecule has 4 N–H and O–H groups in total. The van der Waals surface area contributed by atoms with E-state index in [1.165, 1.54) is 23.7 Å². The molecule has 0 fully saturated rings. The zero-order valence-electron chi connectivity index (χ0n) is 22.1. The number of rotatable bonds is 29. The molecule has 0 aromatic heterocycles. The fraction of sp³-hybridized carbons (Fsp3) is 0.789. The number of aliphatic hydroxyl groups excluding tert-OH is 2. The third-order valence-electron chi connectivity index (χ3n) is 3.15. The van der Waals surface area contributed by atoms with Gasteiger partial charge in [-0.3, -0.25) is 4.79 Å². The molecule has 0 aromatic rings. The molecular weight excluding hydrogens is 733 g/mol. The molecule has 1 atom stereocenters. The number of carbonyl (C=O) groups excluding carboxylic acids is 2. The van der Waals surface area contributed by atoms with Crippen LogP contribution < -0.4 is 10.6 Å². The van der Waals surface area contributed by atoms with Crippen molar-refractivity contribution in [3.8, 4) is 0 Å². The second-order valence-electron chi connectivity index (χ2n) is 6.25. The van der Waals surface area contributed by atoms with E-state index in [4.69, 9.17) is 10.2 Å². The quantitative estimate of drug-likeness (QED) is 0.0161. The van der Waals surface area contributed by atoms with Gasteiger partial charge >= 0.3 is 6.09 Å². The third-order valence-corrected chi connectivity index (χ3v) is 14.7. The van der Waals surface area contributed by atoms with Crippen molar-refractivity contribution in [1.82, 2.24) is 10.6 Å². The van der Waals surface area contributed by atoms with Crippen LogP contribution in [-0.4, -0.2) is 124 Å². The molecule has 0 aliphatic carbocycles. The topological polar surface area (TPSA) is 174 Å². The van der Waals surface area contributed by atoms with E-state index < -0.39 is 17.3 Å². The van der Waals surface area contributed by atoms with Crippen LogP contribution in [0.3, 0.4) is 0 Å². The Hall–Kier alpha value is 1.22. The van der Waals surface area contributed by atoms with Gasteiger partial charge in [-0.2, -0.15) is 4.89 Å². The lowest BCUT2D eigenvalue weighted by atomic mass is 10.8. The molecule has 240 valence electrons. The van der Waals surface area contributed by atoms with E-state index in [1.807, 2.05) is 0 Å². The monoisotopic (exact) mass is 768 g/mol. The maximum absolute atomic E-state index is 12.0. The maximum Gasteiger partial charge on any atom is 0.407 e. The number of thioether (sulfide) groups is 9. The van der Waals surface area contributed by atoms with E-state index in [-0.39, 0.29) is 31.7 Å². The standard InChI is InChI=1S/C19H36N4O8S10/c24-1-3-29-18(26)22-8-34-13-37-12-33-7-21-10-41(28)17-39-15-38-16-40-19(27)23-9-35-14-36-11-32-6-20-5-31-30-4-2-25/h5,10,24-25H,1-4,6-9,11-17H2,(H,22,26)(H,23,27)/b20-5+,21-10+. The van der Waals surface area contributed by atoms with Crippen LogP contribution in [0.15, 0.2) is 9.98 Å². The zero-order valence-corrected chi connectivity index (χ0v) is 30.2. The predicted octanol–water partition coefficient (Wildman–Crippen LogP) is 4.29. The average Bonchev–Trinajstić information content (AvgIpc) is 2.97. The van der Waals surface area contributed by atoms with Gasteiger partial charge in [0, 0.05) is 41.7 Å². The van der Waals surface area contributed by atoms with Crippen molar-refractivity contribution < 1.29 is 38.9 Å². The summed E-state index contributed by atoms with van der Waals surface area (Å²) in [4.78, 5) is 40.4. The Balaban J connectivity index is 3.39. The van der Waals surface area contributed by atoms with Crippen molar-refractivity contribution >= 4 is 140 Å². The fourth-order valence-corrected chi connectivity index (χ4v) is 11.9. The molecule has 0 rings (SSSR count). The van der Waals surface area contributed by atoms with Gasteiger partial charge in [-0.15, -0.1) is 82.3 Å². The highest BCUT2D eigenvalue weighted by atomic mass is 32.3. The average molecular weight is 769 g/mol. The summed E-state index contributed by atoms with van der Waals surface area (Å²) in [6.45, 7) is -0.186. The summed E-state index contributed by atoms with van der Waals surface area (Å²) in [5.74, 6) is 2.11. The number of nitrogens with zero attached hydrogens (tertiary/aromatic N) is 2. The van der Waals surface area contributed by atoms with Crippen molar-refractivity contribution in [3.05, 3.63) is 0 Å². The number of alkyl carbamates (subject to hydrolysis) is 1. The van der Waals surface area contributed by atoms with E-state index in [9.17, 15) is 14.1 Å². The first-order chi connectivity index (χ1) is 20.1. The molecular formula is C19H36N4O8S10. The minimum Gasteiger partial charge on any atom is -0.610 e. The van der Waals surface area contributed by atoms with Crippen molar-refractivity contribution in [3.63, 3.8) is 0 Å². The molecule has 12 nitrogen and oxygen atoms in total. The predicted molar refractivity (Wildman–Crippen MR) is 191 cm³/mol. The normalized spacial score (nSPS) is 12.2. The number of aliphatic imine (C=N–C) groups is 2. The number of aliphatic hydroxyl groups is 2. The lowest BCUT2D eigenvalue weighted by Gasteiger charge is -2.06. The first-order valence-electron chi connectivity index (χ1n) is 11.4. The number of nitrogens with one attached hydrogen (secondary N) is 2. The summed E-state index contributed by atoms with van der Waals surface area (Å²) in [6.07, 6.45) is 0.677. The lowest BCUT2D eigenvalue weighted by molar-refractivity contribution is -0.221. The van der Waals surface area contributed by atoms with Crippen LogP contribution in [0.1, 0.15) is 0 Å². The van der Waals surface area contributed by atoms with Crippen LogP contribution in [0.2, 0.25) is 0 Å². The largest absolute Gasteiger partial charge is 0.610 e. The molecule has 0 saturated carbocycles. The highest BCUT2D eigenvalue weighted by Gasteiger charge is 2.05. The number of hydrogen-bond acceptors (Lipinski definition) is 19. The molecule has 1 unspecified atom stereocenters. The van der Waals surface area contributed by atoms with E-state index in [1.54, 1.807) is 94.1 Å². The van der Waals surface area contributed by atoms with Gasteiger partial charge in [0.2, 0.25) is 11.9 Å². The van der Waals surface area contributed by atoms with E-state index in [0.29, 0.717) is 33.7 Å². The summed E-state index contributed by atoms with van der Waals surface area (Å²) in [5.41, 5.74) is 1.49. The molecule has 0 spiro atoms. The number of ether oxygens (including phenoxy) is 1. The van der Waals surface area contributed by atoms with Gasteiger partial charge < -0.3 is 35.0 Å². The number of hydrogen-bond donors (Lipinski definition) is 4. The molecule has 0 radical (unpaired) electrons. The molecule has 2 amide bonds. The minimum atomic E-state index is -1.12. The lowest BCUT2D eigenvalue weighted by Crippen LogP contribution is -2.24. The third kappa shape index (κ3) is 35.6. The Kier molecular flexibility index (Phi) is 36.8. The molecule has 22 heteroatoms. The van der Waals surface area contributed by atoms with Gasteiger partial charge in [-0.25, -0.2) is 14.8 Å². The molecule has 0 aliphatic rings. The Morgan fingerprint density at radius 1 is 0.780 bits per heavy atom. The smallest absolute Gasteiger partial charge is 0.407 e. The van der Waals surface area contributed by atoms with Crippen molar-refractivity contribution in [2.24, 2.45) is 9.98 Å². The fourth-order valence-electron chi connectivity index (χ4n) is 1.65. The second kappa shape index (κ2) is 35.7. The van der Waals surface area contributed by atoms with E-state index in [0.717, 1.165) is 25.4 Å². The Morgan fingerprint density at radius 2 is 1.39 bits per heavy atom. The summed E-state index contributed by atoms with van der Waals surface area (Å²) >= 11 is 13.2. The molecule has 0 heterocycles. The molecule has 0 bridgehead atoms. The highest BCUT2D eigenvalue weighted by Crippen LogP contribution is 2.21. The van der Waals surface area contributed by atoms with Crippen molar-refractivity contribution in [2.75, 3.05) is 85.5 Å². The number of carbonyl (C=O) groups is 2. The van der Waals surface area contributed by atoms with E-state index in [2.05, 4.69) is 35.1 Å². The first-order valence-corrected chi connectivity index (χ1v) is 23.0. The van der Waals surface area contributed by atoms with Gasteiger partial charge in [0.1, 0.15) is 13.2 Å². The molecule has 41 heavy (non-hydrogen) atoms. The van der Waals surface area contributed by atoms with Crippen LogP contribution >= 0.6 is 106 Å². The summed E-state index contributed by atoms with van der Waals surface area (Å²) in [7, 11) is 0. The van der Waals surface area contributed by atoms with Gasteiger partial charge in [0.05, 0.1) is 36.7 Å². The van der Waals surface area contributed by atoms with Crippen LogP contribution in [-0.2, 0) is 25.7 Å². The first kappa shape index (κ1) is 42.2. The Labute approximate surface area is 283 Å². The number of amides is 2. The summed E-state index contributed by atoms with van der Waals surface area (Å²) in [6, 6.07) is 0. The Morgan fingerprint density at radius 3 is 2.10 bits per heavy atom. The summed E-state index contributed by atoms with van der Waals surface area (Å²) in [5, 5.41) is 27.7. The maximum atomic E-state index is 12.0. The van der Waals surface area contributed by atoms with E-state index >= 15 is 0 Å². The molecule has 0 aliphatic heterocycles. The molecule has 0 saturated heterocycles. The van der Waals surface area contributed by atoms with Crippen LogP contribution in [0, 0.1) is 0 Å². The zero-order chi connectivity index (χ0) is 30.1. The van der Waals surface area contributed by atoms with Crippen LogP contribution in [0.4, 0.5) is 9.59 Å². The SMILES string of the molecule is O=C(NCSCSCSC/N=C/[S+]([O-])CSCSCSC(=O)NCSCSCSC/N=C/OOCCO)OCCO. The second-order valence-corrected chi connectivity index (χ2v) is 18.8. The van der Waals surface area contributed by atoms with Crippen molar-refractivity contribution in [1.29, 1.82) is 0 Å². The van der Waals surface area contributed by atoms with Crippen LogP contribution in [0.25, 0.3) is 0 Å².